The predicted molar refractivity (Wildman–Crippen MR) is 59.6 cm³/mol. The molecule has 0 heterocycles. The number of hydrogen-bond acceptors (Lipinski definition) is 1. The van der Waals surface area contributed by atoms with Crippen molar-refractivity contribution in [2.45, 2.75) is 0 Å². The molecular weight excluding hydrogens is 298 g/mol. The first-order chi connectivity index (χ1) is 6.06. The predicted octanol–water partition coefficient (Wildman–Crippen LogP) is 4.22. The molecule has 0 N–H and O–H groups in total. The van der Waals surface area contributed by atoms with E-state index in [0.717, 1.165) is 0 Å². The number of ketones is 1. The maximum atomic E-state index is 11.3. The monoisotopic (exact) mass is 300 g/mol. The number of carbonyl (C=O) groups is 1. The lowest BCUT2D eigenvalue weighted by Crippen LogP contribution is -2.01. The van der Waals surface area contributed by atoms with Gasteiger partial charge in [0, 0.05) is 5.02 Å². The van der Waals surface area contributed by atoms with Gasteiger partial charge in [-0.15, -0.1) is 0 Å². The molecule has 0 aliphatic carbocycles. The van der Waals surface area contributed by atoms with Crippen LogP contribution in [-0.2, 0) is 0 Å². The zero-order chi connectivity index (χ0) is 10.0. The largest absolute Gasteiger partial charge is 0.293 e. The molecule has 0 saturated carbocycles. The molecule has 5 heteroatoms. The average Bonchev–Trinajstić information content (AvgIpc) is 2.02. The van der Waals surface area contributed by atoms with Gasteiger partial charge in [0.25, 0.3) is 0 Å². The topological polar surface area (TPSA) is 17.1 Å². The summed E-state index contributed by atoms with van der Waals surface area (Å²) in [5.74, 6) is -0.160. The summed E-state index contributed by atoms with van der Waals surface area (Å²) in [5.41, 5.74) is 0.310. The third kappa shape index (κ3) is 2.59. The van der Waals surface area contributed by atoms with Crippen LogP contribution in [0.3, 0.4) is 0 Å². The van der Waals surface area contributed by atoms with Gasteiger partial charge in [-0.2, -0.15) is 0 Å². The summed E-state index contributed by atoms with van der Waals surface area (Å²) in [4.78, 5) is 11.3. The molecule has 0 spiro atoms. The van der Waals surface area contributed by atoms with Crippen LogP contribution in [0.1, 0.15) is 10.4 Å². The highest BCUT2D eigenvalue weighted by molar-refractivity contribution is 9.09. The van der Waals surface area contributed by atoms with Crippen LogP contribution in [0.4, 0.5) is 0 Å². The summed E-state index contributed by atoms with van der Waals surface area (Å²) in [5, 5.41) is 1.17. The Labute approximate surface area is 99.1 Å². The fourth-order valence-corrected chi connectivity index (χ4v) is 2.18. The molecule has 1 rings (SSSR count). The van der Waals surface area contributed by atoms with Crippen LogP contribution < -0.4 is 0 Å². The number of halogens is 4. The standard InChI is InChI=1S/C8H4BrCl3O/c9-3-7(13)8-5(11)1-4(10)2-6(8)12/h1-2H,3H2. The maximum Gasteiger partial charge on any atom is 0.176 e. The Balaban J connectivity index is 3.28. The van der Waals surface area contributed by atoms with E-state index < -0.39 is 0 Å². The van der Waals surface area contributed by atoms with Crippen molar-refractivity contribution in [3.05, 3.63) is 32.8 Å². The van der Waals surface area contributed by atoms with Gasteiger partial charge in [-0.25, -0.2) is 0 Å². The zero-order valence-corrected chi connectivity index (χ0v) is 10.1. The quantitative estimate of drug-likeness (QED) is 0.590. The van der Waals surface area contributed by atoms with E-state index in [1.54, 1.807) is 0 Å². The fourth-order valence-electron chi connectivity index (χ4n) is 0.875. The van der Waals surface area contributed by atoms with Crippen LogP contribution in [0, 0.1) is 0 Å². The van der Waals surface area contributed by atoms with E-state index >= 15 is 0 Å². The van der Waals surface area contributed by atoms with Crippen molar-refractivity contribution in [2.24, 2.45) is 0 Å². The summed E-state index contributed by atoms with van der Waals surface area (Å²) < 4.78 is 0. The van der Waals surface area contributed by atoms with Gasteiger partial charge in [0.05, 0.1) is 20.9 Å². The maximum absolute atomic E-state index is 11.3. The third-order valence-corrected chi connectivity index (χ3v) is 2.73. The summed E-state index contributed by atoms with van der Waals surface area (Å²) >= 11 is 20.3. The van der Waals surface area contributed by atoms with Crippen molar-refractivity contribution in [3.8, 4) is 0 Å². The number of alkyl halides is 1. The van der Waals surface area contributed by atoms with Crippen LogP contribution >= 0.6 is 50.7 Å². The Kier molecular flexibility index (Phi) is 4.05. The van der Waals surface area contributed by atoms with Crippen molar-refractivity contribution in [3.63, 3.8) is 0 Å². The first-order valence-corrected chi connectivity index (χ1v) is 5.55. The Hall–Kier alpha value is 0.240. The van der Waals surface area contributed by atoms with E-state index in [9.17, 15) is 4.79 Å². The number of carbonyl (C=O) groups excluding carboxylic acids is 1. The van der Waals surface area contributed by atoms with E-state index in [0.29, 0.717) is 10.6 Å². The molecule has 1 aromatic carbocycles. The summed E-state index contributed by atoms with van der Waals surface area (Å²) in [6.07, 6.45) is 0. The molecule has 0 bridgehead atoms. The molecule has 13 heavy (non-hydrogen) atoms. The zero-order valence-electron chi connectivity index (χ0n) is 6.28. The van der Waals surface area contributed by atoms with Crippen LogP contribution in [0.25, 0.3) is 0 Å². The molecule has 0 saturated heterocycles. The molecule has 0 aromatic heterocycles. The van der Waals surface area contributed by atoms with Crippen LogP contribution in [0.5, 0.6) is 0 Å². The lowest BCUT2D eigenvalue weighted by atomic mass is 10.1. The lowest BCUT2D eigenvalue weighted by molar-refractivity contribution is 0.102. The SMILES string of the molecule is O=C(CBr)c1c(Cl)cc(Cl)cc1Cl. The number of rotatable bonds is 2. The second kappa shape index (κ2) is 4.65. The van der Waals surface area contributed by atoms with Crippen LogP contribution in [-0.4, -0.2) is 11.1 Å². The molecular formula is C8H4BrCl3O. The first-order valence-electron chi connectivity index (χ1n) is 3.30. The smallest absolute Gasteiger partial charge is 0.176 e. The Morgan fingerprint density at radius 1 is 1.23 bits per heavy atom. The van der Waals surface area contributed by atoms with E-state index in [1.165, 1.54) is 12.1 Å². The van der Waals surface area contributed by atoms with Gasteiger partial charge in [0.2, 0.25) is 0 Å². The molecule has 0 fully saturated rings. The van der Waals surface area contributed by atoms with E-state index in [1.807, 2.05) is 0 Å². The van der Waals surface area contributed by atoms with Crippen molar-refractivity contribution in [1.82, 2.24) is 0 Å². The van der Waals surface area contributed by atoms with Crippen molar-refractivity contribution >= 4 is 56.5 Å². The Morgan fingerprint density at radius 3 is 2.08 bits per heavy atom. The number of benzene rings is 1. The summed E-state index contributed by atoms with van der Waals surface area (Å²) in [6, 6.07) is 2.98. The van der Waals surface area contributed by atoms with Crippen molar-refractivity contribution < 1.29 is 4.79 Å². The van der Waals surface area contributed by atoms with Gasteiger partial charge in [-0.3, -0.25) is 4.79 Å². The Bertz CT molecular complexity index is 328. The molecule has 1 aromatic rings. The molecule has 0 amide bonds. The fraction of sp³-hybridized carbons (Fsp3) is 0.125. The van der Waals surface area contributed by atoms with Gasteiger partial charge in [0.1, 0.15) is 0 Å². The summed E-state index contributed by atoms with van der Waals surface area (Å²) in [6.45, 7) is 0. The van der Waals surface area contributed by atoms with Gasteiger partial charge in [0.15, 0.2) is 5.78 Å². The molecule has 1 nitrogen and oxygen atoms in total. The molecule has 70 valence electrons. The van der Waals surface area contributed by atoms with E-state index in [4.69, 9.17) is 34.8 Å². The molecule has 0 aliphatic rings. The molecule has 0 aliphatic heterocycles. The highest BCUT2D eigenvalue weighted by Crippen LogP contribution is 2.29. The normalized spacial score (nSPS) is 10.2. The molecule has 0 unspecified atom stereocenters. The van der Waals surface area contributed by atoms with E-state index in [-0.39, 0.29) is 21.2 Å². The second-order valence-corrected chi connectivity index (χ2v) is 4.11. The Morgan fingerprint density at radius 2 is 1.69 bits per heavy atom. The van der Waals surface area contributed by atoms with Gasteiger partial charge in [-0.05, 0) is 12.1 Å². The van der Waals surface area contributed by atoms with Gasteiger partial charge >= 0.3 is 0 Å². The van der Waals surface area contributed by atoms with Crippen molar-refractivity contribution in [1.29, 1.82) is 0 Å². The summed E-state index contributed by atoms with van der Waals surface area (Å²) in [7, 11) is 0. The minimum Gasteiger partial charge on any atom is -0.293 e. The number of Topliss-reactive ketones (excluding diaryl/α,β-unsaturated/α-hetero) is 1. The number of hydrogen-bond donors (Lipinski definition) is 0. The molecule has 0 atom stereocenters. The van der Waals surface area contributed by atoms with Crippen molar-refractivity contribution in [2.75, 3.05) is 5.33 Å². The molecule has 0 radical (unpaired) electrons. The van der Waals surface area contributed by atoms with Gasteiger partial charge in [-0.1, -0.05) is 50.7 Å². The minimum absolute atomic E-state index is 0.160. The van der Waals surface area contributed by atoms with E-state index in [2.05, 4.69) is 15.9 Å². The third-order valence-electron chi connectivity index (χ3n) is 1.41. The van der Waals surface area contributed by atoms with Gasteiger partial charge < -0.3 is 0 Å². The van der Waals surface area contributed by atoms with Crippen LogP contribution in [0.15, 0.2) is 12.1 Å². The first kappa shape index (κ1) is 11.3. The average molecular weight is 302 g/mol. The highest BCUT2D eigenvalue weighted by Gasteiger charge is 2.14. The minimum atomic E-state index is -0.160. The lowest BCUT2D eigenvalue weighted by Gasteiger charge is -2.04. The van der Waals surface area contributed by atoms with Crippen LogP contribution in [0.2, 0.25) is 15.1 Å². The highest BCUT2D eigenvalue weighted by atomic mass is 79.9. The second-order valence-electron chi connectivity index (χ2n) is 2.30.